The molecule has 0 bridgehead atoms. The lowest BCUT2D eigenvalue weighted by atomic mass is 9.76. The Morgan fingerprint density at radius 3 is 2.32 bits per heavy atom. The molecule has 0 N–H and O–H groups in total. The highest BCUT2D eigenvalue weighted by Crippen LogP contribution is 2.47. The third-order valence-electron chi connectivity index (χ3n) is 6.44. The number of hydrogen-bond acceptors (Lipinski definition) is 5. The number of hydrogen-bond donors (Lipinski definition) is 0. The van der Waals surface area contributed by atoms with Crippen molar-refractivity contribution in [1.29, 1.82) is 0 Å². The largest absolute Gasteiger partial charge is 0.492 e. The smallest absolute Gasteiger partial charge is 0.168 e. The molecule has 4 rings (SSSR count). The van der Waals surface area contributed by atoms with Gasteiger partial charge in [-0.25, -0.2) is 5.06 Å². The average molecular weight is 459 g/mol. The SMILES string of the molecule is C=CCOCc1nccc(N(OCc2ccccc2)C2(c3ccccc3)CCCCC2)c1OC. The minimum atomic E-state index is -0.303. The monoisotopic (exact) mass is 458 g/mol. The molecule has 5 heteroatoms. The van der Waals surface area contributed by atoms with E-state index in [1.54, 1.807) is 13.2 Å². The second kappa shape index (κ2) is 11.8. The van der Waals surface area contributed by atoms with E-state index in [2.05, 4.69) is 59.1 Å². The number of aromatic nitrogens is 1. The van der Waals surface area contributed by atoms with Crippen molar-refractivity contribution in [1.82, 2.24) is 4.98 Å². The second-order valence-electron chi connectivity index (χ2n) is 8.63. The van der Waals surface area contributed by atoms with Crippen LogP contribution in [0.25, 0.3) is 0 Å². The summed E-state index contributed by atoms with van der Waals surface area (Å²) in [6, 6.07) is 23.0. The number of benzene rings is 2. The van der Waals surface area contributed by atoms with E-state index in [9.17, 15) is 0 Å². The highest BCUT2D eigenvalue weighted by Gasteiger charge is 2.42. The van der Waals surface area contributed by atoms with Gasteiger partial charge in [0.25, 0.3) is 0 Å². The van der Waals surface area contributed by atoms with Crippen molar-refractivity contribution in [2.24, 2.45) is 0 Å². The van der Waals surface area contributed by atoms with E-state index in [4.69, 9.17) is 14.3 Å². The zero-order chi connectivity index (χ0) is 23.6. The molecule has 0 radical (unpaired) electrons. The van der Waals surface area contributed by atoms with Crippen LogP contribution in [-0.4, -0.2) is 18.7 Å². The van der Waals surface area contributed by atoms with Crippen LogP contribution in [0.4, 0.5) is 5.69 Å². The maximum absolute atomic E-state index is 6.70. The van der Waals surface area contributed by atoms with Crippen molar-refractivity contribution in [2.45, 2.75) is 50.9 Å². The minimum Gasteiger partial charge on any atom is -0.492 e. The molecule has 0 amide bonds. The van der Waals surface area contributed by atoms with E-state index >= 15 is 0 Å². The Bertz CT molecular complexity index is 1030. The summed E-state index contributed by atoms with van der Waals surface area (Å²) in [5, 5.41) is 2.10. The predicted molar refractivity (Wildman–Crippen MR) is 136 cm³/mol. The molecule has 0 saturated heterocycles. The molecule has 1 aliphatic rings. The van der Waals surface area contributed by atoms with Crippen LogP contribution in [0.2, 0.25) is 0 Å². The van der Waals surface area contributed by atoms with E-state index in [0.29, 0.717) is 25.6 Å². The molecule has 2 aromatic carbocycles. The van der Waals surface area contributed by atoms with E-state index < -0.39 is 0 Å². The molecule has 0 aliphatic heterocycles. The van der Waals surface area contributed by atoms with Gasteiger partial charge in [0.1, 0.15) is 11.4 Å². The molecule has 5 nitrogen and oxygen atoms in total. The van der Waals surface area contributed by atoms with Gasteiger partial charge in [0.15, 0.2) is 5.75 Å². The zero-order valence-corrected chi connectivity index (χ0v) is 20.0. The Morgan fingerprint density at radius 2 is 1.65 bits per heavy atom. The number of hydroxylamine groups is 1. The van der Waals surface area contributed by atoms with Crippen molar-refractivity contribution in [3.05, 3.63) is 102 Å². The summed E-state index contributed by atoms with van der Waals surface area (Å²) >= 11 is 0. The van der Waals surface area contributed by atoms with E-state index in [1.807, 2.05) is 30.5 Å². The van der Waals surface area contributed by atoms with E-state index in [0.717, 1.165) is 42.6 Å². The summed E-state index contributed by atoms with van der Waals surface area (Å²) in [6.45, 7) is 4.99. The molecular weight excluding hydrogens is 424 g/mol. The Balaban J connectivity index is 1.79. The molecule has 178 valence electrons. The molecule has 0 atom stereocenters. The molecule has 1 saturated carbocycles. The average Bonchev–Trinajstić information content (AvgIpc) is 2.91. The Hall–Kier alpha value is -3.15. The van der Waals surface area contributed by atoms with Gasteiger partial charge in [0.05, 0.1) is 32.5 Å². The summed E-state index contributed by atoms with van der Waals surface area (Å²) in [5.74, 6) is 0.681. The number of anilines is 1. The lowest BCUT2D eigenvalue weighted by molar-refractivity contribution is 0.0190. The molecule has 1 heterocycles. The summed E-state index contributed by atoms with van der Waals surface area (Å²) in [5.41, 5.74) is 3.69. The fourth-order valence-corrected chi connectivity index (χ4v) is 4.84. The van der Waals surface area contributed by atoms with Gasteiger partial charge < -0.3 is 9.47 Å². The number of ether oxygens (including phenoxy) is 2. The van der Waals surface area contributed by atoms with Gasteiger partial charge in [0.2, 0.25) is 0 Å². The molecule has 3 aromatic rings. The maximum Gasteiger partial charge on any atom is 0.168 e. The van der Waals surface area contributed by atoms with Gasteiger partial charge in [-0.15, -0.1) is 6.58 Å². The predicted octanol–water partition coefficient (Wildman–Crippen LogP) is 6.59. The maximum atomic E-state index is 6.70. The van der Waals surface area contributed by atoms with Crippen molar-refractivity contribution in [3.63, 3.8) is 0 Å². The first kappa shape index (κ1) is 24.0. The molecule has 0 unspecified atom stereocenters. The lowest BCUT2D eigenvalue weighted by Gasteiger charge is -2.47. The number of rotatable bonds is 11. The van der Waals surface area contributed by atoms with Gasteiger partial charge in [-0.3, -0.25) is 9.82 Å². The molecule has 1 aromatic heterocycles. The summed E-state index contributed by atoms with van der Waals surface area (Å²) in [4.78, 5) is 11.3. The normalized spacial score (nSPS) is 15.0. The van der Waals surface area contributed by atoms with Gasteiger partial charge in [-0.1, -0.05) is 86.0 Å². The van der Waals surface area contributed by atoms with Crippen molar-refractivity contribution in [3.8, 4) is 5.75 Å². The van der Waals surface area contributed by atoms with Crippen LogP contribution in [-0.2, 0) is 28.3 Å². The molecule has 34 heavy (non-hydrogen) atoms. The number of nitrogens with zero attached hydrogens (tertiary/aromatic N) is 2. The molecule has 1 fully saturated rings. The van der Waals surface area contributed by atoms with Crippen LogP contribution in [0.5, 0.6) is 5.75 Å². The first-order chi connectivity index (χ1) is 16.8. The van der Waals surface area contributed by atoms with Gasteiger partial charge >= 0.3 is 0 Å². The van der Waals surface area contributed by atoms with Crippen LogP contribution in [0.1, 0.15) is 48.9 Å². The van der Waals surface area contributed by atoms with Crippen LogP contribution < -0.4 is 9.80 Å². The summed E-state index contributed by atoms with van der Waals surface area (Å²) in [7, 11) is 1.68. The molecular formula is C29H34N2O3. The highest BCUT2D eigenvalue weighted by molar-refractivity contribution is 5.61. The van der Waals surface area contributed by atoms with E-state index in [-0.39, 0.29) is 5.54 Å². The first-order valence-corrected chi connectivity index (χ1v) is 12.0. The van der Waals surface area contributed by atoms with Crippen LogP contribution in [0.3, 0.4) is 0 Å². The van der Waals surface area contributed by atoms with Gasteiger partial charge in [-0.2, -0.15) is 0 Å². The van der Waals surface area contributed by atoms with Crippen LogP contribution in [0, 0.1) is 0 Å². The van der Waals surface area contributed by atoms with Gasteiger partial charge in [-0.05, 0) is 30.0 Å². The quantitative estimate of drug-likeness (QED) is 0.184. The fourth-order valence-electron chi connectivity index (χ4n) is 4.84. The Morgan fingerprint density at radius 1 is 0.941 bits per heavy atom. The standard InChI is InChI=1S/C29H34N2O3/c1-3-21-33-23-26-28(32-2)27(17-20-30-26)31(34-22-24-13-7-4-8-14-24)29(18-11-6-12-19-29)25-15-9-5-10-16-25/h3-5,7-10,13-17,20H,1,6,11-12,18-19,21-23H2,2H3. The Labute approximate surface area is 203 Å². The van der Waals surface area contributed by atoms with Crippen LogP contribution in [0.15, 0.2) is 85.6 Å². The first-order valence-electron chi connectivity index (χ1n) is 12.0. The zero-order valence-electron chi connectivity index (χ0n) is 20.0. The summed E-state index contributed by atoms with van der Waals surface area (Å²) in [6.07, 6.45) is 9.06. The molecule has 1 aliphatic carbocycles. The highest BCUT2D eigenvalue weighted by atomic mass is 16.7. The number of pyridine rings is 1. The third kappa shape index (κ3) is 5.32. The number of methoxy groups -OCH3 is 1. The van der Waals surface area contributed by atoms with Crippen molar-refractivity contribution < 1.29 is 14.3 Å². The third-order valence-corrected chi connectivity index (χ3v) is 6.44. The van der Waals surface area contributed by atoms with Crippen molar-refractivity contribution in [2.75, 3.05) is 18.8 Å². The molecule has 0 spiro atoms. The minimum absolute atomic E-state index is 0.303. The Kier molecular flexibility index (Phi) is 8.34. The van der Waals surface area contributed by atoms with Crippen LogP contribution >= 0.6 is 0 Å². The summed E-state index contributed by atoms with van der Waals surface area (Å²) < 4.78 is 11.6. The van der Waals surface area contributed by atoms with E-state index in [1.165, 1.54) is 12.0 Å². The topological polar surface area (TPSA) is 43.8 Å². The van der Waals surface area contributed by atoms with Crippen molar-refractivity contribution >= 4 is 5.69 Å². The van der Waals surface area contributed by atoms with Gasteiger partial charge in [0, 0.05) is 6.20 Å². The second-order valence-corrected chi connectivity index (χ2v) is 8.63. The lowest BCUT2D eigenvalue weighted by Crippen LogP contribution is -2.48. The fraction of sp³-hybridized carbons (Fsp3) is 0.345.